The predicted octanol–water partition coefficient (Wildman–Crippen LogP) is -0.0175. The van der Waals surface area contributed by atoms with Gasteiger partial charge < -0.3 is 11.1 Å². The van der Waals surface area contributed by atoms with Crippen LogP contribution >= 0.6 is 0 Å². The Bertz CT molecular complexity index is 285. The van der Waals surface area contributed by atoms with Gasteiger partial charge in [-0.25, -0.2) is 4.98 Å². The van der Waals surface area contributed by atoms with Gasteiger partial charge in [0.25, 0.3) is 0 Å². The van der Waals surface area contributed by atoms with E-state index in [-0.39, 0.29) is 5.91 Å². The zero-order chi connectivity index (χ0) is 11.6. The molecule has 6 heteroatoms. The number of rotatable bonds is 8. The highest BCUT2D eigenvalue weighted by molar-refractivity contribution is 5.75. The average Bonchev–Trinajstić information content (AvgIpc) is 2.78. The van der Waals surface area contributed by atoms with Gasteiger partial charge in [0, 0.05) is 19.4 Å². The van der Waals surface area contributed by atoms with E-state index in [9.17, 15) is 4.79 Å². The number of hydrogen-bond donors (Lipinski definition) is 3. The van der Waals surface area contributed by atoms with Crippen LogP contribution in [0.2, 0.25) is 0 Å². The largest absolute Gasteiger partial charge is 0.356 e. The van der Waals surface area contributed by atoms with Crippen LogP contribution in [0.25, 0.3) is 0 Å². The van der Waals surface area contributed by atoms with Gasteiger partial charge in [-0.2, -0.15) is 5.10 Å². The van der Waals surface area contributed by atoms with Crippen LogP contribution in [0.15, 0.2) is 6.33 Å². The smallest absolute Gasteiger partial charge is 0.219 e. The molecule has 4 N–H and O–H groups in total. The molecule has 90 valence electrons. The maximum Gasteiger partial charge on any atom is 0.219 e. The Kier molecular flexibility index (Phi) is 6.17. The van der Waals surface area contributed by atoms with Gasteiger partial charge >= 0.3 is 0 Å². The topological polar surface area (TPSA) is 96.7 Å². The first kappa shape index (κ1) is 12.6. The molecule has 1 amide bonds. The number of unbranched alkanes of at least 4 members (excludes halogenated alkanes) is 1. The van der Waals surface area contributed by atoms with Crippen molar-refractivity contribution >= 4 is 5.91 Å². The van der Waals surface area contributed by atoms with Crippen LogP contribution in [-0.4, -0.2) is 34.2 Å². The monoisotopic (exact) mass is 225 g/mol. The molecule has 0 saturated heterocycles. The van der Waals surface area contributed by atoms with Crippen LogP contribution in [0.4, 0.5) is 0 Å². The Morgan fingerprint density at radius 1 is 1.44 bits per heavy atom. The molecule has 0 saturated carbocycles. The van der Waals surface area contributed by atoms with E-state index in [2.05, 4.69) is 20.5 Å². The summed E-state index contributed by atoms with van der Waals surface area (Å²) in [6, 6.07) is 0. The van der Waals surface area contributed by atoms with Crippen molar-refractivity contribution in [2.45, 2.75) is 32.1 Å². The standard InChI is InChI=1S/C10H19N5O/c11-6-2-1-5-10(16)12-7-3-4-9-13-8-14-15-9/h8H,1-7,11H2,(H,12,16)(H,13,14,15). The molecule has 0 atom stereocenters. The van der Waals surface area contributed by atoms with Crippen LogP contribution < -0.4 is 11.1 Å². The molecule has 0 aliphatic rings. The Morgan fingerprint density at radius 3 is 3.00 bits per heavy atom. The number of carbonyl (C=O) groups excluding carboxylic acids is 1. The molecule has 1 heterocycles. The molecule has 0 aliphatic heterocycles. The van der Waals surface area contributed by atoms with Gasteiger partial charge in [0.2, 0.25) is 5.91 Å². The molecule has 0 bridgehead atoms. The van der Waals surface area contributed by atoms with E-state index >= 15 is 0 Å². The first-order chi connectivity index (χ1) is 7.83. The Labute approximate surface area is 95.0 Å². The average molecular weight is 225 g/mol. The van der Waals surface area contributed by atoms with E-state index in [4.69, 9.17) is 5.73 Å². The summed E-state index contributed by atoms with van der Waals surface area (Å²) >= 11 is 0. The van der Waals surface area contributed by atoms with E-state index in [1.807, 2.05) is 0 Å². The van der Waals surface area contributed by atoms with Gasteiger partial charge in [0.1, 0.15) is 12.2 Å². The van der Waals surface area contributed by atoms with Crippen molar-refractivity contribution in [2.24, 2.45) is 5.73 Å². The summed E-state index contributed by atoms with van der Waals surface area (Å²) in [4.78, 5) is 15.3. The van der Waals surface area contributed by atoms with E-state index in [0.717, 1.165) is 31.5 Å². The molecule has 0 fully saturated rings. The summed E-state index contributed by atoms with van der Waals surface area (Å²) in [5.74, 6) is 0.961. The minimum atomic E-state index is 0.103. The number of aromatic amines is 1. The highest BCUT2D eigenvalue weighted by Gasteiger charge is 2.00. The summed E-state index contributed by atoms with van der Waals surface area (Å²) in [5, 5.41) is 9.39. The second-order valence-electron chi connectivity index (χ2n) is 3.63. The fourth-order valence-electron chi connectivity index (χ4n) is 1.35. The van der Waals surface area contributed by atoms with Crippen LogP contribution in [0.5, 0.6) is 0 Å². The lowest BCUT2D eigenvalue weighted by Crippen LogP contribution is -2.24. The predicted molar refractivity (Wildman–Crippen MR) is 60.6 cm³/mol. The number of nitrogens with one attached hydrogen (secondary N) is 2. The molecule has 1 aromatic rings. The summed E-state index contributed by atoms with van der Waals surface area (Å²) < 4.78 is 0. The van der Waals surface area contributed by atoms with E-state index in [0.29, 0.717) is 19.5 Å². The third-order valence-electron chi connectivity index (χ3n) is 2.24. The number of aryl methyl sites for hydroxylation is 1. The molecule has 16 heavy (non-hydrogen) atoms. The quantitative estimate of drug-likeness (QED) is 0.542. The fraction of sp³-hybridized carbons (Fsp3) is 0.700. The summed E-state index contributed by atoms with van der Waals surface area (Å²) in [6.45, 7) is 1.33. The number of nitrogens with two attached hydrogens (primary N) is 1. The lowest BCUT2D eigenvalue weighted by atomic mass is 10.2. The molecule has 0 aromatic carbocycles. The van der Waals surface area contributed by atoms with Gasteiger partial charge in [-0.3, -0.25) is 9.89 Å². The number of nitrogens with zero attached hydrogens (tertiary/aromatic N) is 2. The SMILES string of the molecule is NCCCCC(=O)NCCCc1ncn[nH]1. The van der Waals surface area contributed by atoms with E-state index in [1.54, 1.807) is 0 Å². The highest BCUT2D eigenvalue weighted by Crippen LogP contribution is 1.94. The number of H-pyrrole nitrogens is 1. The molecular formula is C10H19N5O. The van der Waals surface area contributed by atoms with Gasteiger partial charge in [-0.15, -0.1) is 0 Å². The van der Waals surface area contributed by atoms with Crippen LogP contribution in [0, 0.1) is 0 Å². The molecule has 0 unspecified atom stereocenters. The summed E-state index contributed by atoms with van der Waals surface area (Å²) in [6.07, 6.45) is 5.51. The van der Waals surface area contributed by atoms with Crippen molar-refractivity contribution in [2.75, 3.05) is 13.1 Å². The molecule has 1 aromatic heterocycles. The summed E-state index contributed by atoms with van der Waals surface area (Å²) in [7, 11) is 0. The zero-order valence-corrected chi connectivity index (χ0v) is 9.41. The Morgan fingerprint density at radius 2 is 2.31 bits per heavy atom. The van der Waals surface area contributed by atoms with Crippen LogP contribution in [-0.2, 0) is 11.2 Å². The number of hydrogen-bond acceptors (Lipinski definition) is 4. The molecule has 6 nitrogen and oxygen atoms in total. The highest BCUT2D eigenvalue weighted by atomic mass is 16.1. The lowest BCUT2D eigenvalue weighted by molar-refractivity contribution is -0.121. The minimum absolute atomic E-state index is 0.103. The van der Waals surface area contributed by atoms with E-state index in [1.165, 1.54) is 6.33 Å². The zero-order valence-electron chi connectivity index (χ0n) is 9.41. The van der Waals surface area contributed by atoms with Crippen molar-refractivity contribution in [3.63, 3.8) is 0 Å². The summed E-state index contributed by atoms with van der Waals surface area (Å²) in [5.41, 5.74) is 5.34. The lowest BCUT2D eigenvalue weighted by Gasteiger charge is -2.03. The van der Waals surface area contributed by atoms with Gasteiger partial charge in [0.15, 0.2) is 0 Å². The van der Waals surface area contributed by atoms with Crippen molar-refractivity contribution in [3.05, 3.63) is 12.2 Å². The van der Waals surface area contributed by atoms with Gasteiger partial charge in [-0.05, 0) is 25.8 Å². The van der Waals surface area contributed by atoms with Crippen molar-refractivity contribution in [3.8, 4) is 0 Å². The van der Waals surface area contributed by atoms with E-state index < -0.39 is 0 Å². The van der Waals surface area contributed by atoms with Crippen molar-refractivity contribution in [1.29, 1.82) is 0 Å². The molecule has 0 aliphatic carbocycles. The molecular weight excluding hydrogens is 206 g/mol. The Balaban J connectivity index is 1.96. The maximum absolute atomic E-state index is 11.3. The number of carbonyl (C=O) groups is 1. The van der Waals surface area contributed by atoms with Crippen molar-refractivity contribution in [1.82, 2.24) is 20.5 Å². The van der Waals surface area contributed by atoms with Gasteiger partial charge in [-0.1, -0.05) is 0 Å². The number of amides is 1. The van der Waals surface area contributed by atoms with Crippen LogP contribution in [0.3, 0.4) is 0 Å². The van der Waals surface area contributed by atoms with Gasteiger partial charge in [0.05, 0.1) is 0 Å². The molecule has 1 rings (SSSR count). The molecule has 0 radical (unpaired) electrons. The first-order valence-electron chi connectivity index (χ1n) is 5.64. The first-order valence-corrected chi connectivity index (χ1v) is 5.64. The maximum atomic E-state index is 11.3. The second kappa shape index (κ2) is 7.81. The fourth-order valence-corrected chi connectivity index (χ4v) is 1.35. The third-order valence-corrected chi connectivity index (χ3v) is 2.24. The minimum Gasteiger partial charge on any atom is -0.356 e. The van der Waals surface area contributed by atoms with Crippen LogP contribution in [0.1, 0.15) is 31.5 Å². The Hall–Kier alpha value is -1.43. The third kappa shape index (κ3) is 5.45. The van der Waals surface area contributed by atoms with Crippen molar-refractivity contribution < 1.29 is 4.79 Å². The molecule has 0 spiro atoms. The second-order valence-corrected chi connectivity index (χ2v) is 3.63. The normalized spacial score (nSPS) is 10.3. The number of aromatic nitrogens is 3.